The third-order valence-electron chi connectivity index (χ3n) is 3.70. The Balaban J connectivity index is 2.05. The van der Waals surface area contributed by atoms with E-state index in [-0.39, 0.29) is 5.91 Å². The highest BCUT2D eigenvalue weighted by molar-refractivity contribution is 9.10. The molecule has 20 heavy (non-hydrogen) atoms. The maximum atomic E-state index is 12.1. The van der Waals surface area contributed by atoms with Gasteiger partial charge >= 0.3 is 0 Å². The minimum absolute atomic E-state index is 0.177. The van der Waals surface area contributed by atoms with E-state index in [0.29, 0.717) is 6.54 Å². The van der Waals surface area contributed by atoms with Crippen molar-refractivity contribution in [1.82, 2.24) is 4.90 Å². The van der Waals surface area contributed by atoms with Gasteiger partial charge in [0.15, 0.2) is 0 Å². The van der Waals surface area contributed by atoms with Crippen molar-refractivity contribution in [2.75, 3.05) is 31.6 Å². The smallest absolute Gasteiger partial charge is 0.242 e. The summed E-state index contributed by atoms with van der Waals surface area (Å²) >= 11 is 3.51. The fourth-order valence-electron chi connectivity index (χ4n) is 2.45. The van der Waals surface area contributed by atoms with Gasteiger partial charge in [0.2, 0.25) is 5.91 Å². The lowest BCUT2D eigenvalue weighted by atomic mass is 10.1. The van der Waals surface area contributed by atoms with Crippen LogP contribution in [0.5, 0.6) is 0 Å². The largest absolute Gasteiger partial charge is 0.389 e. The first kappa shape index (κ1) is 15.3. The topological polar surface area (TPSA) is 43.8 Å². The third kappa shape index (κ3) is 3.52. The Labute approximate surface area is 128 Å². The van der Waals surface area contributed by atoms with Gasteiger partial charge in [0.25, 0.3) is 0 Å². The Kier molecular flexibility index (Phi) is 5.05. The molecule has 1 fully saturated rings. The molecule has 4 nitrogen and oxygen atoms in total. The first-order chi connectivity index (χ1) is 9.49. The molecular weight excluding hydrogens is 320 g/mol. The van der Waals surface area contributed by atoms with Gasteiger partial charge in [0.1, 0.15) is 0 Å². The normalized spacial score (nSPS) is 16.3. The number of hydrogen-bond acceptors (Lipinski definition) is 3. The van der Waals surface area contributed by atoms with Gasteiger partial charge in [0.05, 0.1) is 18.3 Å². The molecule has 1 amide bonds. The van der Waals surface area contributed by atoms with E-state index < -0.39 is 6.10 Å². The second kappa shape index (κ2) is 6.59. The molecule has 1 heterocycles. The van der Waals surface area contributed by atoms with Crippen molar-refractivity contribution in [3.05, 3.63) is 28.2 Å². The van der Waals surface area contributed by atoms with Gasteiger partial charge in [-0.3, -0.25) is 4.79 Å². The van der Waals surface area contributed by atoms with Crippen LogP contribution < -0.4 is 4.90 Å². The zero-order chi connectivity index (χ0) is 14.7. The van der Waals surface area contributed by atoms with E-state index in [1.165, 1.54) is 0 Å². The van der Waals surface area contributed by atoms with E-state index in [4.69, 9.17) is 0 Å². The number of halogens is 1. The monoisotopic (exact) mass is 340 g/mol. The van der Waals surface area contributed by atoms with Crippen LogP contribution in [-0.2, 0) is 4.79 Å². The van der Waals surface area contributed by atoms with Gasteiger partial charge in [-0.1, -0.05) is 6.07 Å². The number of carbonyl (C=O) groups is 1. The summed E-state index contributed by atoms with van der Waals surface area (Å²) in [7, 11) is 1.91. The zero-order valence-electron chi connectivity index (χ0n) is 12.0. The van der Waals surface area contributed by atoms with Crippen LogP contribution in [0.1, 0.15) is 31.4 Å². The van der Waals surface area contributed by atoms with Crippen molar-refractivity contribution in [3.8, 4) is 0 Å². The Morgan fingerprint density at radius 2 is 2.10 bits per heavy atom. The number of carbonyl (C=O) groups excluding carboxylic acids is 1. The van der Waals surface area contributed by atoms with Crippen LogP contribution >= 0.6 is 15.9 Å². The number of anilines is 1. The first-order valence-electron chi connectivity index (χ1n) is 6.95. The van der Waals surface area contributed by atoms with Crippen LogP contribution in [0, 0.1) is 0 Å². The maximum absolute atomic E-state index is 12.1. The minimum atomic E-state index is -0.489. The highest BCUT2D eigenvalue weighted by atomic mass is 79.9. The lowest BCUT2D eigenvalue weighted by Crippen LogP contribution is -2.37. The SMILES string of the molecule is C[C@H](O)c1ccc(N(C)CC(=O)N2CCCC2)c(Br)c1. The fraction of sp³-hybridized carbons (Fsp3) is 0.533. The molecule has 0 aliphatic carbocycles. The van der Waals surface area contributed by atoms with Crippen LogP contribution in [0.4, 0.5) is 5.69 Å². The second-order valence-corrected chi connectivity index (χ2v) is 6.19. The summed E-state index contributed by atoms with van der Waals surface area (Å²) in [5.41, 5.74) is 1.82. The fourth-order valence-corrected chi connectivity index (χ4v) is 3.15. The van der Waals surface area contributed by atoms with Crippen molar-refractivity contribution < 1.29 is 9.90 Å². The Morgan fingerprint density at radius 3 is 2.65 bits per heavy atom. The van der Waals surface area contributed by atoms with Gasteiger partial charge in [-0.2, -0.15) is 0 Å². The summed E-state index contributed by atoms with van der Waals surface area (Å²) in [6.07, 6.45) is 1.74. The number of amides is 1. The summed E-state index contributed by atoms with van der Waals surface area (Å²) in [4.78, 5) is 16.0. The lowest BCUT2D eigenvalue weighted by Gasteiger charge is -2.24. The molecule has 1 aromatic rings. The van der Waals surface area contributed by atoms with E-state index in [2.05, 4.69) is 15.9 Å². The molecule has 1 atom stereocenters. The molecule has 1 N–H and O–H groups in total. The van der Waals surface area contributed by atoms with Crippen molar-refractivity contribution in [3.63, 3.8) is 0 Å². The van der Waals surface area contributed by atoms with Gasteiger partial charge < -0.3 is 14.9 Å². The van der Waals surface area contributed by atoms with E-state index in [1.807, 2.05) is 35.0 Å². The van der Waals surface area contributed by atoms with Gasteiger partial charge in [-0.25, -0.2) is 0 Å². The number of likely N-dealkylation sites (tertiary alicyclic amines) is 1. The first-order valence-corrected chi connectivity index (χ1v) is 7.75. The molecule has 1 saturated heterocycles. The number of aliphatic hydroxyl groups is 1. The molecule has 5 heteroatoms. The molecule has 0 aromatic heterocycles. The summed E-state index contributed by atoms with van der Waals surface area (Å²) < 4.78 is 0.896. The highest BCUT2D eigenvalue weighted by Gasteiger charge is 2.20. The molecule has 2 rings (SSSR count). The number of likely N-dealkylation sites (N-methyl/N-ethyl adjacent to an activating group) is 1. The van der Waals surface area contributed by atoms with Gasteiger partial charge in [0, 0.05) is 24.6 Å². The van der Waals surface area contributed by atoms with Crippen molar-refractivity contribution in [1.29, 1.82) is 0 Å². The number of benzene rings is 1. The Morgan fingerprint density at radius 1 is 1.45 bits per heavy atom. The number of rotatable bonds is 4. The average Bonchev–Trinajstić information content (AvgIpc) is 2.92. The highest BCUT2D eigenvalue weighted by Crippen LogP contribution is 2.28. The molecule has 0 bridgehead atoms. The molecule has 0 unspecified atom stereocenters. The van der Waals surface area contributed by atoms with Gasteiger partial charge in [-0.15, -0.1) is 0 Å². The lowest BCUT2D eigenvalue weighted by molar-refractivity contribution is -0.128. The molecular formula is C15H21BrN2O2. The predicted molar refractivity (Wildman–Crippen MR) is 83.9 cm³/mol. The number of nitrogens with zero attached hydrogens (tertiary/aromatic N) is 2. The van der Waals surface area contributed by atoms with E-state index in [1.54, 1.807) is 6.92 Å². The molecule has 0 spiro atoms. The molecule has 0 saturated carbocycles. The molecule has 0 radical (unpaired) electrons. The third-order valence-corrected chi connectivity index (χ3v) is 4.33. The average molecular weight is 341 g/mol. The number of aliphatic hydroxyl groups excluding tert-OH is 1. The second-order valence-electron chi connectivity index (χ2n) is 5.33. The Bertz CT molecular complexity index is 485. The summed E-state index contributed by atoms with van der Waals surface area (Å²) in [6, 6.07) is 5.72. The van der Waals surface area contributed by atoms with Crippen molar-refractivity contribution in [2.24, 2.45) is 0 Å². The standard InChI is InChI=1S/C15H21BrN2O2/c1-11(19)12-5-6-14(13(16)9-12)17(2)10-15(20)18-7-3-4-8-18/h5-6,9,11,19H,3-4,7-8,10H2,1-2H3/t11-/m0/s1. The quantitative estimate of drug-likeness (QED) is 0.915. The number of hydrogen-bond donors (Lipinski definition) is 1. The summed E-state index contributed by atoms with van der Waals surface area (Å²) in [5, 5.41) is 9.57. The van der Waals surface area contributed by atoms with Crippen molar-refractivity contribution >= 4 is 27.5 Å². The van der Waals surface area contributed by atoms with Crippen molar-refractivity contribution in [2.45, 2.75) is 25.9 Å². The van der Waals surface area contributed by atoms with Crippen LogP contribution in [0.15, 0.2) is 22.7 Å². The van der Waals surface area contributed by atoms with E-state index in [9.17, 15) is 9.90 Å². The predicted octanol–water partition coefficient (Wildman–Crippen LogP) is 2.56. The molecule has 110 valence electrons. The molecule has 1 aromatic carbocycles. The maximum Gasteiger partial charge on any atom is 0.242 e. The van der Waals surface area contributed by atoms with Crippen LogP contribution in [0.3, 0.4) is 0 Å². The Hall–Kier alpha value is -1.07. The zero-order valence-corrected chi connectivity index (χ0v) is 13.6. The van der Waals surface area contributed by atoms with E-state index >= 15 is 0 Å². The summed E-state index contributed by atoms with van der Waals surface area (Å²) in [5.74, 6) is 0.177. The molecule has 1 aliphatic rings. The van der Waals surface area contributed by atoms with Crippen LogP contribution in [0.25, 0.3) is 0 Å². The van der Waals surface area contributed by atoms with E-state index in [0.717, 1.165) is 41.7 Å². The van der Waals surface area contributed by atoms with Crippen LogP contribution in [-0.4, -0.2) is 42.6 Å². The summed E-state index contributed by atoms with van der Waals surface area (Å²) in [6.45, 7) is 3.89. The minimum Gasteiger partial charge on any atom is -0.389 e. The molecule has 1 aliphatic heterocycles. The van der Waals surface area contributed by atoms with Gasteiger partial charge in [-0.05, 0) is 53.4 Å². The van der Waals surface area contributed by atoms with Crippen LogP contribution in [0.2, 0.25) is 0 Å².